The van der Waals surface area contributed by atoms with Gasteiger partial charge in [0.1, 0.15) is 30.0 Å². The molecule has 4 rings (SSSR count). The summed E-state index contributed by atoms with van der Waals surface area (Å²) >= 11 is 4.54. The van der Waals surface area contributed by atoms with Crippen LogP contribution in [0, 0.1) is 29.9 Å². The summed E-state index contributed by atoms with van der Waals surface area (Å²) in [7, 11) is 0. The summed E-state index contributed by atoms with van der Waals surface area (Å²) in [5.41, 5.74) is -0.719. The third-order valence-electron chi connectivity index (χ3n) is 5.98. The van der Waals surface area contributed by atoms with Gasteiger partial charge in [0, 0.05) is 30.2 Å². The van der Waals surface area contributed by atoms with Gasteiger partial charge in [0.2, 0.25) is 0 Å². The molecular weight excluding hydrogens is 619 g/mol. The zero-order chi connectivity index (χ0) is 29.1. The molecular formula is C25H21BrF3N5O5S. The lowest BCUT2D eigenvalue weighted by molar-refractivity contribution is -0.191. The molecule has 10 nitrogen and oxygen atoms in total. The molecule has 1 aromatic carbocycles. The van der Waals surface area contributed by atoms with Crippen LogP contribution in [0.1, 0.15) is 26.8 Å². The normalized spacial score (nSPS) is 22.4. The van der Waals surface area contributed by atoms with Crippen LogP contribution in [0.4, 0.5) is 19.0 Å². The SMILES string of the molecule is [C-]#[N+]c1ncc(Br)cc1S[C@H]1OC(COC(C)=O)[C@H](OC(C)=O)[C@H](n2cc(-c3cc(F)c(F)c(F)c3)nn2)C1C. The van der Waals surface area contributed by atoms with Gasteiger partial charge in [-0.2, -0.15) is 0 Å². The second-order valence-electron chi connectivity index (χ2n) is 8.81. The molecule has 3 heterocycles. The van der Waals surface area contributed by atoms with Crippen molar-refractivity contribution >= 4 is 45.4 Å². The maximum absolute atomic E-state index is 13.9. The highest BCUT2D eigenvalue weighted by atomic mass is 79.9. The number of hydrogen-bond acceptors (Lipinski definition) is 9. The van der Waals surface area contributed by atoms with Crippen LogP contribution in [0.5, 0.6) is 0 Å². The first-order valence-electron chi connectivity index (χ1n) is 11.7. The van der Waals surface area contributed by atoms with Crippen LogP contribution in [0.2, 0.25) is 0 Å². The molecule has 1 aliphatic rings. The third kappa shape index (κ3) is 6.45. The summed E-state index contributed by atoms with van der Waals surface area (Å²) in [6.07, 6.45) is 0.881. The maximum atomic E-state index is 13.9. The van der Waals surface area contributed by atoms with E-state index in [4.69, 9.17) is 20.8 Å². The minimum Gasteiger partial charge on any atom is -0.463 e. The summed E-state index contributed by atoms with van der Waals surface area (Å²) in [6, 6.07) is 2.51. The molecule has 0 saturated carbocycles. The highest BCUT2D eigenvalue weighted by molar-refractivity contribution is 9.10. The van der Waals surface area contributed by atoms with Gasteiger partial charge in [-0.15, -0.1) is 21.8 Å². The molecule has 210 valence electrons. The van der Waals surface area contributed by atoms with Crippen molar-refractivity contribution in [2.75, 3.05) is 6.61 Å². The Balaban J connectivity index is 1.76. The second kappa shape index (κ2) is 12.4. The number of nitrogens with zero attached hydrogens (tertiary/aromatic N) is 5. The van der Waals surface area contributed by atoms with Gasteiger partial charge in [-0.3, -0.25) is 9.59 Å². The van der Waals surface area contributed by atoms with Crippen molar-refractivity contribution < 1.29 is 37.0 Å². The number of carbonyl (C=O) groups excluding carboxylic acids is 2. The van der Waals surface area contributed by atoms with Crippen LogP contribution in [-0.4, -0.2) is 56.2 Å². The van der Waals surface area contributed by atoms with Crippen LogP contribution in [0.3, 0.4) is 0 Å². The monoisotopic (exact) mass is 639 g/mol. The van der Waals surface area contributed by atoms with E-state index in [1.54, 1.807) is 13.0 Å². The minimum atomic E-state index is -1.61. The average molecular weight is 640 g/mol. The van der Waals surface area contributed by atoms with Crippen LogP contribution in [-0.2, 0) is 23.8 Å². The average Bonchev–Trinajstić information content (AvgIpc) is 3.37. The molecule has 0 spiro atoms. The Morgan fingerprint density at radius 3 is 2.52 bits per heavy atom. The molecule has 2 aromatic heterocycles. The van der Waals surface area contributed by atoms with Crippen molar-refractivity contribution in [2.45, 2.75) is 49.4 Å². The van der Waals surface area contributed by atoms with Crippen molar-refractivity contribution in [1.29, 1.82) is 0 Å². The predicted octanol–water partition coefficient (Wildman–Crippen LogP) is 5.26. The first kappa shape index (κ1) is 29.5. The molecule has 5 atom stereocenters. The highest BCUT2D eigenvalue weighted by Crippen LogP contribution is 2.45. The first-order chi connectivity index (χ1) is 19.0. The Morgan fingerprint density at radius 1 is 1.20 bits per heavy atom. The molecule has 0 N–H and O–H groups in total. The van der Waals surface area contributed by atoms with E-state index in [1.807, 2.05) is 0 Å². The predicted molar refractivity (Wildman–Crippen MR) is 138 cm³/mol. The van der Waals surface area contributed by atoms with Gasteiger partial charge in [0.15, 0.2) is 23.6 Å². The lowest BCUT2D eigenvalue weighted by Gasteiger charge is -2.44. The molecule has 2 unspecified atom stereocenters. The van der Waals surface area contributed by atoms with Crippen LogP contribution >= 0.6 is 27.7 Å². The Hall–Kier alpha value is -3.48. The summed E-state index contributed by atoms with van der Waals surface area (Å²) in [6.45, 7) is 11.4. The molecule has 1 aliphatic heterocycles. The lowest BCUT2D eigenvalue weighted by Crippen LogP contribution is -2.53. The van der Waals surface area contributed by atoms with E-state index < -0.39 is 59.0 Å². The van der Waals surface area contributed by atoms with Gasteiger partial charge in [-0.25, -0.2) is 17.9 Å². The van der Waals surface area contributed by atoms with Crippen molar-refractivity contribution in [3.63, 3.8) is 0 Å². The Bertz CT molecular complexity index is 1460. The van der Waals surface area contributed by atoms with Crippen molar-refractivity contribution in [3.05, 3.63) is 63.9 Å². The van der Waals surface area contributed by atoms with E-state index in [9.17, 15) is 22.8 Å². The van der Waals surface area contributed by atoms with Crippen molar-refractivity contribution in [2.24, 2.45) is 5.92 Å². The molecule has 1 fully saturated rings. The standard InChI is InChI=1S/C25H21BrF3N5O5S/c1-11-22(34-9-18(32-33-34)14-5-16(27)21(29)17(28)6-14)23(38-13(3)36)19(10-37-12(2)35)39-25(11)40-20-7-15(26)8-31-24(20)30-4/h5-9,11,19,22-23,25H,10H2,1-3H3/t11?,19?,22-,23+,25-/m1/s1. The number of carbonyl (C=O) groups is 2. The number of rotatable bonds is 7. The van der Waals surface area contributed by atoms with Crippen LogP contribution < -0.4 is 0 Å². The van der Waals surface area contributed by atoms with Gasteiger partial charge in [0.05, 0.1) is 16.7 Å². The third-order valence-corrected chi connectivity index (χ3v) is 7.74. The van der Waals surface area contributed by atoms with E-state index >= 15 is 0 Å². The lowest BCUT2D eigenvalue weighted by atomic mass is 9.90. The molecule has 0 radical (unpaired) electrons. The summed E-state index contributed by atoms with van der Waals surface area (Å²) in [4.78, 5) is 31.8. The van der Waals surface area contributed by atoms with Crippen LogP contribution in [0.15, 0.2) is 40.0 Å². The van der Waals surface area contributed by atoms with Crippen molar-refractivity contribution in [1.82, 2.24) is 20.0 Å². The molecule has 0 aliphatic carbocycles. The number of halogens is 4. The second-order valence-corrected chi connectivity index (χ2v) is 10.9. The number of pyridine rings is 1. The highest BCUT2D eigenvalue weighted by Gasteiger charge is 2.48. The van der Waals surface area contributed by atoms with E-state index in [-0.39, 0.29) is 23.7 Å². The van der Waals surface area contributed by atoms with E-state index in [0.717, 1.165) is 12.1 Å². The Morgan fingerprint density at radius 2 is 1.90 bits per heavy atom. The number of thioether (sulfide) groups is 1. The summed E-state index contributed by atoms with van der Waals surface area (Å²) in [5.74, 6) is -5.97. The topological polar surface area (TPSA) is 110 Å². The number of hydrogen-bond donors (Lipinski definition) is 0. The molecule has 0 amide bonds. The van der Waals surface area contributed by atoms with Gasteiger partial charge in [0.25, 0.3) is 5.82 Å². The summed E-state index contributed by atoms with van der Waals surface area (Å²) in [5, 5.41) is 8.12. The molecule has 1 saturated heterocycles. The minimum absolute atomic E-state index is 0.0327. The van der Waals surface area contributed by atoms with Crippen LogP contribution in [0.25, 0.3) is 16.1 Å². The zero-order valence-electron chi connectivity index (χ0n) is 21.2. The van der Waals surface area contributed by atoms with Gasteiger partial charge < -0.3 is 19.1 Å². The number of ether oxygens (including phenoxy) is 3. The fraction of sp³-hybridized carbons (Fsp3) is 0.360. The molecule has 40 heavy (non-hydrogen) atoms. The number of esters is 2. The van der Waals surface area contributed by atoms with Crippen molar-refractivity contribution in [3.8, 4) is 11.3 Å². The quantitative estimate of drug-likeness (QED) is 0.194. The Kier molecular flexibility index (Phi) is 9.12. The smallest absolute Gasteiger partial charge is 0.303 e. The fourth-order valence-electron chi connectivity index (χ4n) is 4.22. The van der Waals surface area contributed by atoms with Gasteiger partial charge in [-0.1, -0.05) is 18.7 Å². The van der Waals surface area contributed by atoms with E-state index in [0.29, 0.717) is 9.37 Å². The van der Waals surface area contributed by atoms with Gasteiger partial charge >= 0.3 is 11.9 Å². The van der Waals surface area contributed by atoms with E-state index in [1.165, 1.54) is 42.7 Å². The Labute approximate surface area is 239 Å². The van der Waals surface area contributed by atoms with Gasteiger partial charge in [-0.05, 0) is 34.1 Å². The molecule has 3 aromatic rings. The molecule has 0 bridgehead atoms. The maximum Gasteiger partial charge on any atom is 0.303 e. The summed E-state index contributed by atoms with van der Waals surface area (Å²) < 4.78 is 60.3. The number of benzene rings is 1. The van der Waals surface area contributed by atoms with E-state index in [2.05, 4.69) is 36.1 Å². The number of aromatic nitrogens is 4. The molecule has 15 heteroatoms. The largest absolute Gasteiger partial charge is 0.463 e. The fourth-order valence-corrected chi connectivity index (χ4v) is 5.92. The first-order valence-corrected chi connectivity index (χ1v) is 13.4. The zero-order valence-corrected chi connectivity index (χ0v) is 23.6.